The number of hydrogen-bond donors (Lipinski definition) is 2. The Morgan fingerprint density at radius 1 is 1.06 bits per heavy atom. The second kappa shape index (κ2) is 10.5. The zero-order valence-electron chi connectivity index (χ0n) is 18.7. The molecular formula is C25H26ClFN2O4. The molecule has 0 aliphatic heterocycles. The number of aromatic amines is 1. The maximum atomic E-state index is 14.1. The second-order valence-electron chi connectivity index (χ2n) is 8.46. The van der Waals surface area contributed by atoms with Crippen LogP contribution in [0, 0.1) is 5.82 Å². The van der Waals surface area contributed by atoms with Gasteiger partial charge >= 0.3 is 6.09 Å². The lowest BCUT2D eigenvalue weighted by molar-refractivity contribution is 0.0520. The normalized spacial score (nSPS) is 11.2. The van der Waals surface area contributed by atoms with E-state index in [9.17, 15) is 14.0 Å². The summed E-state index contributed by atoms with van der Waals surface area (Å²) in [6.07, 6.45) is 1.27. The van der Waals surface area contributed by atoms with Gasteiger partial charge in [-0.1, -0.05) is 29.8 Å². The first-order valence-electron chi connectivity index (χ1n) is 10.5. The summed E-state index contributed by atoms with van der Waals surface area (Å²) in [4.78, 5) is 26.6. The molecule has 1 aromatic heterocycles. The van der Waals surface area contributed by atoms with Gasteiger partial charge in [-0.3, -0.25) is 4.79 Å². The average molecular weight is 473 g/mol. The molecule has 2 aromatic carbocycles. The van der Waals surface area contributed by atoms with Gasteiger partial charge < -0.3 is 19.8 Å². The molecule has 2 N–H and O–H groups in total. The first-order chi connectivity index (χ1) is 15.6. The van der Waals surface area contributed by atoms with Gasteiger partial charge in [0.05, 0.1) is 6.54 Å². The van der Waals surface area contributed by atoms with Crippen LogP contribution in [0.4, 0.5) is 9.18 Å². The number of rotatable bonds is 7. The van der Waals surface area contributed by atoms with Gasteiger partial charge in [0.1, 0.15) is 23.8 Å². The van der Waals surface area contributed by atoms with Crippen LogP contribution in [0.15, 0.2) is 59.5 Å². The molecule has 0 spiro atoms. The average Bonchev–Trinajstić information content (AvgIpc) is 2.74. The monoisotopic (exact) mass is 472 g/mol. The number of H-pyrrole nitrogens is 1. The van der Waals surface area contributed by atoms with Crippen molar-refractivity contribution >= 4 is 17.7 Å². The third-order valence-electron chi connectivity index (χ3n) is 4.60. The van der Waals surface area contributed by atoms with Crippen LogP contribution in [-0.4, -0.2) is 29.8 Å². The van der Waals surface area contributed by atoms with Crippen molar-refractivity contribution in [2.75, 3.05) is 13.2 Å². The van der Waals surface area contributed by atoms with E-state index in [1.165, 1.54) is 6.07 Å². The quantitative estimate of drug-likeness (QED) is 0.455. The summed E-state index contributed by atoms with van der Waals surface area (Å²) < 4.78 is 24.9. The SMILES string of the molecule is CC(C)(C)OC(=O)NCCOc1ccc(-c2c[nH]c(=O)c(Cc3ccc(Cl)cc3F)c2)cc1. The number of benzene rings is 2. The van der Waals surface area contributed by atoms with Crippen molar-refractivity contribution in [3.8, 4) is 16.9 Å². The Kier molecular flexibility index (Phi) is 7.76. The van der Waals surface area contributed by atoms with Crippen molar-refractivity contribution in [1.82, 2.24) is 10.3 Å². The summed E-state index contributed by atoms with van der Waals surface area (Å²) in [6, 6.07) is 13.5. The van der Waals surface area contributed by atoms with Crippen molar-refractivity contribution in [3.05, 3.63) is 87.0 Å². The lowest BCUT2D eigenvalue weighted by atomic mass is 10.0. The zero-order chi connectivity index (χ0) is 24.0. The summed E-state index contributed by atoms with van der Waals surface area (Å²) in [5.74, 6) is 0.188. The largest absolute Gasteiger partial charge is 0.492 e. The number of nitrogens with one attached hydrogen (secondary N) is 2. The molecule has 174 valence electrons. The summed E-state index contributed by atoms with van der Waals surface area (Å²) in [7, 11) is 0. The summed E-state index contributed by atoms with van der Waals surface area (Å²) in [5.41, 5.74) is 1.67. The highest BCUT2D eigenvalue weighted by Crippen LogP contribution is 2.23. The molecule has 8 heteroatoms. The summed E-state index contributed by atoms with van der Waals surface area (Å²) in [6.45, 7) is 5.99. The maximum Gasteiger partial charge on any atom is 0.407 e. The van der Waals surface area contributed by atoms with Gasteiger partial charge in [-0.25, -0.2) is 9.18 Å². The molecule has 3 aromatic rings. The molecule has 0 atom stereocenters. The fourth-order valence-electron chi connectivity index (χ4n) is 3.08. The number of halogens is 2. The number of carbonyl (C=O) groups is 1. The van der Waals surface area contributed by atoms with Gasteiger partial charge in [-0.2, -0.15) is 0 Å². The van der Waals surface area contributed by atoms with Crippen LogP contribution in [0.1, 0.15) is 31.9 Å². The minimum absolute atomic E-state index is 0.151. The Morgan fingerprint density at radius 3 is 2.45 bits per heavy atom. The van der Waals surface area contributed by atoms with Crippen LogP contribution in [-0.2, 0) is 11.2 Å². The molecule has 33 heavy (non-hydrogen) atoms. The molecule has 0 saturated heterocycles. The summed E-state index contributed by atoms with van der Waals surface area (Å²) >= 11 is 5.80. The number of hydrogen-bond acceptors (Lipinski definition) is 4. The molecule has 0 bridgehead atoms. The summed E-state index contributed by atoms with van der Waals surface area (Å²) in [5, 5.41) is 2.94. The van der Waals surface area contributed by atoms with E-state index >= 15 is 0 Å². The highest BCUT2D eigenvalue weighted by atomic mass is 35.5. The molecule has 0 fully saturated rings. The van der Waals surface area contributed by atoms with Gasteiger partial charge in [0.25, 0.3) is 5.56 Å². The van der Waals surface area contributed by atoms with E-state index in [-0.39, 0.29) is 18.6 Å². The van der Waals surface area contributed by atoms with Crippen molar-refractivity contribution in [2.45, 2.75) is 32.8 Å². The molecule has 1 heterocycles. The molecule has 0 radical (unpaired) electrons. The Labute approximate surface area is 196 Å². The van der Waals surface area contributed by atoms with Crippen LogP contribution in [0.3, 0.4) is 0 Å². The standard InChI is InChI=1S/C25H26ClFN2O4/c1-25(2,3)33-24(31)28-10-11-32-21-8-5-16(6-9-21)19-13-18(23(30)29-15-19)12-17-4-7-20(26)14-22(17)27/h4-9,13-15H,10-12H2,1-3H3,(H,28,31)(H,29,30). The molecule has 3 rings (SSSR count). The minimum Gasteiger partial charge on any atom is -0.492 e. The number of alkyl carbamates (subject to hydrolysis) is 1. The highest BCUT2D eigenvalue weighted by Gasteiger charge is 2.15. The lowest BCUT2D eigenvalue weighted by Gasteiger charge is -2.19. The van der Waals surface area contributed by atoms with E-state index in [0.717, 1.165) is 11.1 Å². The molecular weight excluding hydrogens is 447 g/mol. The van der Waals surface area contributed by atoms with Crippen molar-refractivity contribution in [1.29, 1.82) is 0 Å². The second-order valence-corrected chi connectivity index (χ2v) is 8.89. The van der Waals surface area contributed by atoms with E-state index in [2.05, 4.69) is 10.3 Å². The predicted molar refractivity (Wildman–Crippen MR) is 126 cm³/mol. The molecule has 0 aliphatic rings. The molecule has 6 nitrogen and oxygen atoms in total. The van der Waals surface area contributed by atoms with E-state index in [1.807, 2.05) is 12.1 Å². The highest BCUT2D eigenvalue weighted by molar-refractivity contribution is 6.30. The molecule has 0 unspecified atom stereocenters. The van der Waals surface area contributed by atoms with Crippen molar-refractivity contribution < 1.29 is 18.7 Å². The van der Waals surface area contributed by atoms with E-state index in [0.29, 0.717) is 28.4 Å². The fraction of sp³-hybridized carbons (Fsp3) is 0.280. The first kappa shape index (κ1) is 24.3. The fourth-order valence-corrected chi connectivity index (χ4v) is 3.24. The number of pyridine rings is 1. The van der Waals surface area contributed by atoms with Crippen LogP contribution < -0.4 is 15.6 Å². The van der Waals surface area contributed by atoms with Gasteiger partial charge in [-0.15, -0.1) is 0 Å². The third kappa shape index (κ3) is 7.36. The third-order valence-corrected chi connectivity index (χ3v) is 4.84. The van der Waals surface area contributed by atoms with E-state index in [4.69, 9.17) is 21.1 Å². The predicted octanol–water partition coefficient (Wildman–Crippen LogP) is 5.33. The zero-order valence-corrected chi connectivity index (χ0v) is 19.5. The molecule has 0 aliphatic carbocycles. The Hall–Kier alpha value is -3.32. The minimum atomic E-state index is -0.550. The molecule has 1 amide bonds. The van der Waals surface area contributed by atoms with Gasteiger partial charge in [0.2, 0.25) is 0 Å². The van der Waals surface area contributed by atoms with Crippen LogP contribution in [0.25, 0.3) is 11.1 Å². The number of carbonyl (C=O) groups excluding carboxylic acids is 1. The van der Waals surface area contributed by atoms with Gasteiger partial charge in [0.15, 0.2) is 0 Å². The Balaban J connectivity index is 1.61. The van der Waals surface area contributed by atoms with E-state index < -0.39 is 17.5 Å². The smallest absolute Gasteiger partial charge is 0.407 e. The number of amides is 1. The van der Waals surface area contributed by atoms with Crippen LogP contribution >= 0.6 is 11.6 Å². The Morgan fingerprint density at radius 2 is 1.79 bits per heavy atom. The first-order valence-corrected chi connectivity index (χ1v) is 10.8. The number of aromatic nitrogens is 1. The van der Waals surface area contributed by atoms with E-state index in [1.54, 1.807) is 57.3 Å². The maximum absolute atomic E-state index is 14.1. The topological polar surface area (TPSA) is 80.4 Å². The van der Waals surface area contributed by atoms with Crippen molar-refractivity contribution in [2.24, 2.45) is 0 Å². The van der Waals surface area contributed by atoms with Gasteiger partial charge in [0, 0.05) is 23.2 Å². The molecule has 0 saturated carbocycles. The van der Waals surface area contributed by atoms with Gasteiger partial charge in [-0.05, 0) is 67.8 Å². The van der Waals surface area contributed by atoms with Crippen LogP contribution in [0.5, 0.6) is 5.75 Å². The number of ether oxygens (including phenoxy) is 2. The lowest BCUT2D eigenvalue weighted by Crippen LogP contribution is -2.34. The van der Waals surface area contributed by atoms with Crippen LogP contribution in [0.2, 0.25) is 5.02 Å². The van der Waals surface area contributed by atoms with Crippen molar-refractivity contribution in [3.63, 3.8) is 0 Å². The Bertz CT molecular complexity index is 1170.